The largest absolute Gasteiger partial charge is 0.398 e. The van der Waals surface area contributed by atoms with Gasteiger partial charge in [-0.15, -0.1) is 0 Å². The van der Waals surface area contributed by atoms with Crippen molar-refractivity contribution in [1.29, 1.82) is 0 Å². The van der Waals surface area contributed by atoms with Gasteiger partial charge in [-0.3, -0.25) is 4.79 Å². The summed E-state index contributed by atoms with van der Waals surface area (Å²) in [6, 6.07) is 10.8. The predicted octanol–water partition coefficient (Wildman–Crippen LogP) is 2.95. The predicted molar refractivity (Wildman–Crippen MR) is 65.4 cm³/mol. The van der Waals surface area contributed by atoms with Gasteiger partial charge in [-0.25, -0.2) is 4.39 Å². The quantitative estimate of drug-likeness (QED) is 0.635. The fourth-order valence-electron chi connectivity index (χ4n) is 1.75. The second-order valence-corrected chi connectivity index (χ2v) is 3.88. The highest BCUT2D eigenvalue weighted by atomic mass is 19.1. The van der Waals surface area contributed by atoms with E-state index in [0.29, 0.717) is 16.8 Å². The van der Waals surface area contributed by atoms with E-state index < -0.39 is 0 Å². The molecule has 0 fully saturated rings. The average molecular weight is 229 g/mol. The lowest BCUT2D eigenvalue weighted by Gasteiger charge is -2.08. The summed E-state index contributed by atoms with van der Waals surface area (Å²) in [6.07, 6.45) is 0. The van der Waals surface area contributed by atoms with Crippen LogP contribution in [0.25, 0.3) is 0 Å². The SMILES string of the molecule is Cc1cccc(N)c1C(=O)c1ccc(F)cc1. The van der Waals surface area contributed by atoms with E-state index in [4.69, 9.17) is 5.73 Å². The molecule has 0 saturated heterocycles. The van der Waals surface area contributed by atoms with Gasteiger partial charge in [0.15, 0.2) is 5.78 Å². The van der Waals surface area contributed by atoms with Crippen molar-refractivity contribution in [2.24, 2.45) is 0 Å². The minimum atomic E-state index is -0.362. The molecule has 17 heavy (non-hydrogen) atoms. The van der Waals surface area contributed by atoms with Crippen LogP contribution in [0.1, 0.15) is 21.5 Å². The highest BCUT2D eigenvalue weighted by Crippen LogP contribution is 2.20. The van der Waals surface area contributed by atoms with Crippen molar-refractivity contribution in [3.63, 3.8) is 0 Å². The Hall–Kier alpha value is -2.16. The Labute approximate surface area is 98.9 Å². The summed E-state index contributed by atoms with van der Waals surface area (Å²) in [5, 5.41) is 0. The summed E-state index contributed by atoms with van der Waals surface area (Å²) in [6.45, 7) is 1.83. The minimum Gasteiger partial charge on any atom is -0.398 e. The smallest absolute Gasteiger partial charge is 0.195 e. The number of aryl methyl sites for hydroxylation is 1. The molecule has 2 rings (SSSR count). The number of benzene rings is 2. The van der Waals surface area contributed by atoms with Gasteiger partial charge in [0.2, 0.25) is 0 Å². The van der Waals surface area contributed by atoms with Gasteiger partial charge in [0, 0.05) is 16.8 Å². The summed E-state index contributed by atoms with van der Waals surface area (Å²) in [5.74, 6) is -0.542. The number of carbonyl (C=O) groups is 1. The molecule has 0 radical (unpaired) electrons. The number of halogens is 1. The fourth-order valence-corrected chi connectivity index (χ4v) is 1.75. The Balaban J connectivity index is 2.47. The number of rotatable bonds is 2. The molecule has 0 unspecified atom stereocenters. The van der Waals surface area contributed by atoms with E-state index in [1.165, 1.54) is 24.3 Å². The molecule has 0 heterocycles. The van der Waals surface area contributed by atoms with Gasteiger partial charge in [-0.1, -0.05) is 12.1 Å². The van der Waals surface area contributed by atoms with E-state index >= 15 is 0 Å². The van der Waals surface area contributed by atoms with Crippen LogP contribution in [-0.2, 0) is 0 Å². The molecule has 0 bridgehead atoms. The molecule has 2 aromatic rings. The molecule has 0 aromatic heterocycles. The van der Waals surface area contributed by atoms with E-state index in [-0.39, 0.29) is 11.6 Å². The minimum absolute atomic E-state index is 0.180. The van der Waals surface area contributed by atoms with Gasteiger partial charge in [0.1, 0.15) is 5.82 Å². The number of anilines is 1. The number of nitrogen functional groups attached to an aromatic ring is 1. The molecule has 86 valence electrons. The Morgan fingerprint density at radius 3 is 2.35 bits per heavy atom. The van der Waals surface area contributed by atoms with Crippen molar-refractivity contribution in [2.75, 3.05) is 5.73 Å². The van der Waals surface area contributed by atoms with Gasteiger partial charge >= 0.3 is 0 Å². The van der Waals surface area contributed by atoms with E-state index in [1.54, 1.807) is 12.1 Å². The zero-order valence-electron chi connectivity index (χ0n) is 9.41. The summed E-state index contributed by atoms with van der Waals surface area (Å²) in [5.41, 5.74) is 7.98. The first kappa shape index (κ1) is 11.3. The van der Waals surface area contributed by atoms with Gasteiger partial charge in [-0.05, 0) is 42.8 Å². The van der Waals surface area contributed by atoms with Crippen LogP contribution < -0.4 is 5.73 Å². The average Bonchev–Trinajstić information content (AvgIpc) is 2.29. The molecule has 0 atom stereocenters. The second kappa shape index (κ2) is 4.37. The van der Waals surface area contributed by atoms with Crippen molar-refractivity contribution < 1.29 is 9.18 Å². The Morgan fingerprint density at radius 1 is 1.12 bits per heavy atom. The van der Waals surface area contributed by atoms with Gasteiger partial charge in [0.05, 0.1) is 0 Å². The van der Waals surface area contributed by atoms with Crippen molar-refractivity contribution in [2.45, 2.75) is 6.92 Å². The zero-order chi connectivity index (χ0) is 12.4. The zero-order valence-corrected chi connectivity index (χ0v) is 9.41. The van der Waals surface area contributed by atoms with Gasteiger partial charge < -0.3 is 5.73 Å². The van der Waals surface area contributed by atoms with Crippen LogP contribution in [0.5, 0.6) is 0 Å². The standard InChI is InChI=1S/C14H12FNO/c1-9-3-2-4-12(16)13(9)14(17)10-5-7-11(15)8-6-10/h2-8H,16H2,1H3. The molecular formula is C14H12FNO. The Kier molecular flexibility index (Phi) is 2.91. The summed E-state index contributed by atoms with van der Waals surface area (Å²) >= 11 is 0. The highest BCUT2D eigenvalue weighted by Gasteiger charge is 2.14. The molecule has 3 heteroatoms. The van der Waals surface area contributed by atoms with E-state index in [0.717, 1.165) is 5.56 Å². The van der Waals surface area contributed by atoms with E-state index in [2.05, 4.69) is 0 Å². The fraction of sp³-hybridized carbons (Fsp3) is 0.0714. The van der Waals surface area contributed by atoms with E-state index in [1.807, 2.05) is 13.0 Å². The molecule has 0 aliphatic heterocycles. The third-order valence-electron chi connectivity index (χ3n) is 2.64. The number of nitrogens with two attached hydrogens (primary N) is 1. The maximum absolute atomic E-state index is 12.8. The third kappa shape index (κ3) is 2.18. The molecule has 0 spiro atoms. The molecular weight excluding hydrogens is 217 g/mol. The first-order valence-corrected chi connectivity index (χ1v) is 5.25. The summed E-state index contributed by atoms with van der Waals surface area (Å²) in [7, 11) is 0. The van der Waals surface area contributed by atoms with Gasteiger partial charge in [-0.2, -0.15) is 0 Å². The van der Waals surface area contributed by atoms with Gasteiger partial charge in [0.25, 0.3) is 0 Å². The maximum Gasteiger partial charge on any atom is 0.195 e. The summed E-state index contributed by atoms with van der Waals surface area (Å²) in [4.78, 5) is 12.2. The number of hydrogen-bond donors (Lipinski definition) is 1. The number of hydrogen-bond acceptors (Lipinski definition) is 2. The monoisotopic (exact) mass is 229 g/mol. The molecule has 0 aliphatic rings. The lowest BCUT2D eigenvalue weighted by molar-refractivity contribution is 0.103. The molecule has 2 aromatic carbocycles. The van der Waals surface area contributed by atoms with E-state index in [9.17, 15) is 9.18 Å². The lowest BCUT2D eigenvalue weighted by Crippen LogP contribution is -2.07. The lowest BCUT2D eigenvalue weighted by atomic mass is 9.97. The van der Waals surface area contributed by atoms with Crippen LogP contribution in [0.3, 0.4) is 0 Å². The van der Waals surface area contributed by atoms with Crippen LogP contribution in [0.4, 0.5) is 10.1 Å². The Bertz CT molecular complexity index is 541. The van der Waals surface area contributed by atoms with Crippen molar-refractivity contribution in [3.8, 4) is 0 Å². The first-order valence-electron chi connectivity index (χ1n) is 5.25. The highest BCUT2D eigenvalue weighted by molar-refractivity contribution is 6.12. The molecule has 0 saturated carbocycles. The Morgan fingerprint density at radius 2 is 1.76 bits per heavy atom. The van der Waals surface area contributed by atoms with Crippen LogP contribution in [-0.4, -0.2) is 5.78 Å². The van der Waals surface area contributed by atoms with Crippen LogP contribution in [0.2, 0.25) is 0 Å². The van der Waals surface area contributed by atoms with Crippen molar-refractivity contribution >= 4 is 11.5 Å². The van der Waals surface area contributed by atoms with Crippen LogP contribution in [0.15, 0.2) is 42.5 Å². The molecule has 2 nitrogen and oxygen atoms in total. The molecule has 2 N–H and O–H groups in total. The maximum atomic E-state index is 12.8. The number of carbonyl (C=O) groups excluding carboxylic acids is 1. The number of ketones is 1. The van der Waals surface area contributed by atoms with Crippen molar-refractivity contribution in [3.05, 3.63) is 65.0 Å². The molecule has 0 amide bonds. The molecule has 0 aliphatic carbocycles. The third-order valence-corrected chi connectivity index (χ3v) is 2.64. The van der Waals surface area contributed by atoms with Crippen LogP contribution in [0, 0.1) is 12.7 Å². The summed E-state index contributed by atoms with van der Waals surface area (Å²) < 4.78 is 12.8. The normalized spacial score (nSPS) is 10.2. The van der Waals surface area contributed by atoms with Crippen molar-refractivity contribution in [1.82, 2.24) is 0 Å². The first-order chi connectivity index (χ1) is 8.09. The van der Waals surface area contributed by atoms with Crippen LogP contribution >= 0.6 is 0 Å². The second-order valence-electron chi connectivity index (χ2n) is 3.88. The topological polar surface area (TPSA) is 43.1 Å².